The van der Waals surface area contributed by atoms with Crippen molar-refractivity contribution in [2.24, 2.45) is 5.73 Å². The van der Waals surface area contributed by atoms with Gasteiger partial charge in [0.15, 0.2) is 0 Å². The Morgan fingerprint density at radius 2 is 1.88 bits per heavy atom. The number of nitrogens with two attached hydrogens (primary N) is 1. The van der Waals surface area contributed by atoms with Crippen LogP contribution in [0.1, 0.15) is 28.4 Å². The quantitative estimate of drug-likeness (QED) is 0.861. The maximum absolute atomic E-state index is 13.3. The van der Waals surface area contributed by atoms with E-state index in [0.717, 1.165) is 22.4 Å². The van der Waals surface area contributed by atoms with Crippen molar-refractivity contribution in [3.8, 4) is 0 Å². The number of nitrogens with zero attached hydrogens (tertiary/aromatic N) is 1. The first kappa shape index (κ1) is 11.7. The Morgan fingerprint density at radius 3 is 2.53 bits per heavy atom. The highest BCUT2D eigenvalue weighted by Gasteiger charge is 2.10. The number of rotatable bonds is 2. The van der Waals surface area contributed by atoms with Gasteiger partial charge in [-0.25, -0.2) is 4.39 Å². The second-order valence-electron chi connectivity index (χ2n) is 4.27. The summed E-state index contributed by atoms with van der Waals surface area (Å²) in [5, 5.41) is 0. The third kappa shape index (κ3) is 2.68. The highest BCUT2D eigenvalue weighted by atomic mass is 19.1. The highest BCUT2D eigenvalue weighted by molar-refractivity contribution is 5.34. The van der Waals surface area contributed by atoms with Crippen molar-refractivity contribution in [2.45, 2.75) is 19.9 Å². The Kier molecular flexibility index (Phi) is 3.20. The van der Waals surface area contributed by atoms with Gasteiger partial charge < -0.3 is 5.73 Å². The summed E-state index contributed by atoms with van der Waals surface area (Å²) in [6.07, 6.45) is 1.72. The molecule has 2 aromatic rings. The summed E-state index contributed by atoms with van der Waals surface area (Å²) in [5.74, 6) is -0.249. The molecule has 0 aliphatic carbocycles. The highest BCUT2D eigenvalue weighted by Crippen LogP contribution is 2.21. The van der Waals surface area contributed by atoms with E-state index in [2.05, 4.69) is 4.98 Å². The summed E-state index contributed by atoms with van der Waals surface area (Å²) in [6.45, 7) is 3.77. The summed E-state index contributed by atoms with van der Waals surface area (Å²) in [6, 6.07) is 8.35. The van der Waals surface area contributed by atoms with E-state index in [0.29, 0.717) is 0 Å². The van der Waals surface area contributed by atoms with Crippen LogP contribution < -0.4 is 5.73 Å². The molecule has 0 spiro atoms. The van der Waals surface area contributed by atoms with Crippen LogP contribution in [-0.2, 0) is 0 Å². The molecule has 1 aromatic heterocycles. The zero-order chi connectivity index (χ0) is 12.4. The first-order valence-corrected chi connectivity index (χ1v) is 5.51. The molecule has 0 aliphatic rings. The van der Waals surface area contributed by atoms with Crippen molar-refractivity contribution in [3.63, 3.8) is 0 Å². The number of aromatic nitrogens is 1. The Balaban J connectivity index is 2.39. The molecule has 2 rings (SSSR count). The van der Waals surface area contributed by atoms with E-state index in [4.69, 9.17) is 5.73 Å². The van der Waals surface area contributed by atoms with Crippen LogP contribution in [0.25, 0.3) is 0 Å². The minimum atomic E-state index is -0.314. The van der Waals surface area contributed by atoms with Gasteiger partial charge in [-0.05, 0) is 54.8 Å². The second kappa shape index (κ2) is 4.63. The minimum absolute atomic E-state index is 0.249. The van der Waals surface area contributed by atoms with Gasteiger partial charge in [0.1, 0.15) is 5.82 Å². The molecule has 0 amide bonds. The average Bonchev–Trinajstić information content (AvgIpc) is 2.26. The van der Waals surface area contributed by atoms with Crippen LogP contribution in [0.5, 0.6) is 0 Å². The molecule has 1 atom stereocenters. The topological polar surface area (TPSA) is 38.9 Å². The zero-order valence-electron chi connectivity index (χ0n) is 9.94. The van der Waals surface area contributed by atoms with Gasteiger partial charge in [-0.15, -0.1) is 0 Å². The molecule has 0 fully saturated rings. The first-order chi connectivity index (χ1) is 8.06. The predicted molar refractivity (Wildman–Crippen MR) is 66.1 cm³/mol. The Morgan fingerprint density at radius 1 is 1.12 bits per heavy atom. The van der Waals surface area contributed by atoms with Crippen LogP contribution in [0, 0.1) is 19.7 Å². The minimum Gasteiger partial charge on any atom is -0.320 e. The first-order valence-electron chi connectivity index (χ1n) is 5.51. The monoisotopic (exact) mass is 230 g/mol. The molecule has 0 saturated heterocycles. The third-order valence-electron chi connectivity index (χ3n) is 2.70. The molecule has 1 heterocycles. The summed E-state index contributed by atoms with van der Waals surface area (Å²) in [7, 11) is 0. The predicted octanol–water partition coefficient (Wildman–Crippen LogP) is 2.89. The lowest BCUT2D eigenvalue weighted by atomic mass is 9.98. The van der Waals surface area contributed by atoms with E-state index in [1.165, 1.54) is 12.1 Å². The number of pyridine rings is 1. The van der Waals surface area contributed by atoms with E-state index in [1.54, 1.807) is 6.20 Å². The maximum atomic E-state index is 13.3. The summed E-state index contributed by atoms with van der Waals surface area (Å²) in [4.78, 5) is 4.12. The average molecular weight is 230 g/mol. The van der Waals surface area contributed by atoms with Crippen molar-refractivity contribution in [2.75, 3.05) is 0 Å². The molecular weight excluding hydrogens is 215 g/mol. The van der Waals surface area contributed by atoms with Crippen molar-refractivity contribution < 1.29 is 4.39 Å². The number of aryl methyl sites for hydroxylation is 2. The van der Waals surface area contributed by atoms with Crippen molar-refractivity contribution in [3.05, 3.63) is 64.7 Å². The van der Waals surface area contributed by atoms with Crippen molar-refractivity contribution in [1.82, 2.24) is 4.98 Å². The van der Waals surface area contributed by atoms with Crippen LogP contribution in [0.2, 0.25) is 0 Å². The molecule has 88 valence electrons. The van der Waals surface area contributed by atoms with Gasteiger partial charge >= 0.3 is 0 Å². The normalized spacial score (nSPS) is 12.5. The SMILES string of the molecule is Cc1cc(F)cc(C(N)c2ccnc(C)c2)c1. The van der Waals surface area contributed by atoms with Crippen LogP contribution in [0.15, 0.2) is 36.5 Å². The van der Waals surface area contributed by atoms with Crippen molar-refractivity contribution in [1.29, 1.82) is 0 Å². The molecule has 0 aliphatic heterocycles. The molecule has 17 heavy (non-hydrogen) atoms. The largest absolute Gasteiger partial charge is 0.320 e. The molecular formula is C14H15FN2. The summed E-state index contributed by atoms with van der Waals surface area (Å²) >= 11 is 0. The maximum Gasteiger partial charge on any atom is 0.123 e. The van der Waals surface area contributed by atoms with Crippen LogP contribution in [-0.4, -0.2) is 4.98 Å². The van der Waals surface area contributed by atoms with Crippen LogP contribution in [0.3, 0.4) is 0 Å². The standard InChI is InChI=1S/C14H15FN2/c1-9-5-12(8-13(15)6-9)14(16)11-3-4-17-10(2)7-11/h3-8,14H,16H2,1-2H3. The van der Waals surface area contributed by atoms with Crippen molar-refractivity contribution >= 4 is 0 Å². The molecule has 1 aromatic carbocycles. The van der Waals surface area contributed by atoms with E-state index in [1.807, 2.05) is 32.0 Å². The fourth-order valence-electron chi connectivity index (χ4n) is 1.90. The zero-order valence-corrected chi connectivity index (χ0v) is 9.94. The fraction of sp³-hybridized carbons (Fsp3) is 0.214. The molecule has 0 radical (unpaired) electrons. The number of hydrogen-bond acceptors (Lipinski definition) is 2. The Hall–Kier alpha value is -1.74. The Bertz CT molecular complexity index is 517. The number of hydrogen-bond donors (Lipinski definition) is 1. The van der Waals surface area contributed by atoms with Gasteiger partial charge in [-0.1, -0.05) is 6.07 Å². The van der Waals surface area contributed by atoms with Gasteiger partial charge in [0.2, 0.25) is 0 Å². The lowest BCUT2D eigenvalue weighted by Gasteiger charge is -2.13. The van der Waals surface area contributed by atoms with Gasteiger partial charge in [0.25, 0.3) is 0 Å². The van der Waals surface area contributed by atoms with Crippen LogP contribution >= 0.6 is 0 Å². The molecule has 0 bridgehead atoms. The van der Waals surface area contributed by atoms with E-state index in [-0.39, 0.29) is 11.9 Å². The smallest absolute Gasteiger partial charge is 0.123 e. The third-order valence-corrected chi connectivity index (χ3v) is 2.70. The van der Waals surface area contributed by atoms with E-state index < -0.39 is 0 Å². The second-order valence-corrected chi connectivity index (χ2v) is 4.27. The van der Waals surface area contributed by atoms with Crippen LogP contribution in [0.4, 0.5) is 4.39 Å². The number of halogens is 1. The molecule has 2 nitrogen and oxygen atoms in total. The van der Waals surface area contributed by atoms with E-state index >= 15 is 0 Å². The molecule has 2 N–H and O–H groups in total. The lowest BCUT2D eigenvalue weighted by Crippen LogP contribution is -2.12. The molecule has 0 saturated carbocycles. The number of benzene rings is 1. The fourth-order valence-corrected chi connectivity index (χ4v) is 1.90. The Labute approximate surface area is 100 Å². The summed E-state index contributed by atoms with van der Waals surface area (Å²) < 4.78 is 13.3. The van der Waals surface area contributed by atoms with Gasteiger partial charge in [0.05, 0.1) is 6.04 Å². The lowest BCUT2D eigenvalue weighted by molar-refractivity contribution is 0.622. The van der Waals surface area contributed by atoms with Gasteiger partial charge in [-0.3, -0.25) is 4.98 Å². The molecule has 3 heteroatoms. The van der Waals surface area contributed by atoms with Gasteiger partial charge in [0, 0.05) is 11.9 Å². The molecule has 1 unspecified atom stereocenters. The van der Waals surface area contributed by atoms with Gasteiger partial charge in [-0.2, -0.15) is 0 Å². The summed E-state index contributed by atoms with van der Waals surface area (Å²) in [5.41, 5.74) is 9.65. The van der Waals surface area contributed by atoms with E-state index in [9.17, 15) is 4.39 Å².